The Labute approximate surface area is 256 Å². The number of allylic oxidation sites excluding steroid dienone is 1. The molecule has 1 N–H and O–H groups in total. The zero-order valence-corrected chi connectivity index (χ0v) is 24.8. The number of esters is 1. The van der Waals surface area contributed by atoms with Crippen LogP contribution in [0.15, 0.2) is 72.5 Å². The molecule has 0 saturated carbocycles. The van der Waals surface area contributed by atoms with Gasteiger partial charge in [0.05, 0.1) is 18.6 Å². The molecule has 4 atom stereocenters. The van der Waals surface area contributed by atoms with Crippen LogP contribution in [0.1, 0.15) is 48.0 Å². The van der Waals surface area contributed by atoms with Crippen molar-refractivity contribution in [1.29, 1.82) is 0 Å². The molecular formula is C34H37N3O7. The highest BCUT2D eigenvalue weighted by molar-refractivity contribution is 6.02. The second kappa shape index (κ2) is 13.1. The lowest BCUT2D eigenvalue weighted by Crippen LogP contribution is -2.53. The van der Waals surface area contributed by atoms with E-state index in [1.807, 2.05) is 30.4 Å². The topological polar surface area (TPSA) is 114 Å². The molecule has 3 unspecified atom stereocenters. The van der Waals surface area contributed by atoms with Crippen LogP contribution in [0.4, 0.5) is 0 Å². The minimum Gasteiger partial charge on any atom is -0.492 e. The molecule has 3 saturated heterocycles. The van der Waals surface area contributed by atoms with Crippen LogP contribution in [0, 0.1) is 11.8 Å². The summed E-state index contributed by atoms with van der Waals surface area (Å²) in [6.07, 6.45) is 9.75. The number of imide groups is 1. The first-order valence-corrected chi connectivity index (χ1v) is 15.2. The van der Waals surface area contributed by atoms with Gasteiger partial charge in [-0.1, -0.05) is 24.6 Å². The van der Waals surface area contributed by atoms with Crippen molar-refractivity contribution in [2.45, 2.75) is 50.7 Å². The number of nitrogens with one attached hydrogen (secondary N) is 1. The van der Waals surface area contributed by atoms with Crippen molar-refractivity contribution in [2.24, 2.45) is 11.8 Å². The van der Waals surface area contributed by atoms with E-state index >= 15 is 0 Å². The van der Waals surface area contributed by atoms with Gasteiger partial charge in [-0.25, -0.2) is 4.79 Å². The van der Waals surface area contributed by atoms with E-state index in [0.717, 1.165) is 38.1 Å². The van der Waals surface area contributed by atoms with E-state index < -0.39 is 6.04 Å². The van der Waals surface area contributed by atoms with Crippen LogP contribution in [-0.2, 0) is 30.4 Å². The number of rotatable bonds is 9. The average molecular weight is 600 g/mol. The summed E-state index contributed by atoms with van der Waals surface area (Å²) in [7, 11) is 1.36. The molecule has 3 fully saturated rings. The summed E-state index contributed by atoms with van der Waals surface area (Å²) < 4.78 is 17.0. The molecule has 230 valence electrons. The number of likely N-dealkylation sites (tertiary alicyclic amines) is 2. The summed E-state index contributed by atoms with van der Waals surface area (Å²) in [4.78, 5) is 52.7. The Morgan fingerprint density at radius 3 is 2.45 bits per heavy atom. The van der Waals surface area contributed by atoms with Crippen molar-refractivity contribution in [2.75, 3.05) is 26.8 Å². The third kappa shape index (κ3) is 6.55. The second-order valence-electron chi connectivity index (χ2n) is 11.8. The molecule has 0 bridgehead atoms. The molecule has 4 aliphatic rings. The molecule has 10 heteroatoms. The average Bonchev–Trinajstić information content (AvgIpc) is 3.36. The third-order valence-electron chi connectivity index (χ3n) is 8.88. The number of hydrogen-bond donors (Lipinski definition) is 1. The number of piperidine rings is 2. The number of ether oxygens (including phenoxy) is 3. The van der Waals surface area contributed by atoms with Gasteiger partial charge in [0.1, 0.15) is 29.9 Å². The molecule has 44 heavy (non-hydrogen) atoms. The van der Waals surface area contributed by atoms with Gasteiger partial charge in [0.15, 0.2) is 0 Å². The van der Waals surface area contributed by atoms with Crippen molar-refractivity contribution in [3.05, 3.63) is 83.6 Å². The van der Waals surface area contributed by atoms with Crippen LogP contribution in [0.25, 0.3) is 0 Å². The lowest BCUT2D eigenvalue weighted by Gasteiger charge is -2.35. The molecule has 2 aromatic rings. The highest BCUT2D eigenvalue weighted by Gasteiger charge is 2.45. The first-order valence-electron chi connectivity index (χ1n) is 15.2. The first-order chi connectivity index (χ1) is 21.4. The number of hydrogen-bond acceptors (Lipinski definition) is 8. The number of carbonyl (C=O) groups excluding carboxylic acids is 4. The van der Waals surface area contributed by atoms with Crippen LogP contribution in [-0.4, -0.2) is 72.4 Å². The minimum absolute atomic E-state index is 0.0538. The highest BCUT2D eigenvalue weighted by atomic mass is 16.5. The van der Waals surface area contributed by atoms with E-state index in [2.05, 4.69) is 22.3 Å². The first kappa shape index (κ1) is 29.6. The lowest BCUT2D eigenvalue weighted by atomic mass is 9.91. The Morgan fingerprint density at radius 1 is 0.977 bits per heavy atom. The largest absolute Gasteiger partial charge is 0.492 e. The highest BCUT2D eigenvalue weighted by Crippen LogP contribution is 2.35. The van der Waals surface area contributed by atoms with E-state index in [1.54, 1.807) is 29.2 Å². The summed E-state index contributed by atoms with van der Waals surface area (Å²) in [5.41, 5.74) is 1.66. The quantitative estimate of drug-likeness (QED) is 0.340. The zero-order chi connectivity index (χ0) is 30.6. The Hall–Kier alpha value is -4.44. The minimum atomic E-state index is -0.590. The number of methoxy groups -OCH3 is 1. The van der Waals surface area contributed by atoms with Crippen molar-refractivity contribution in [3.8, 4) is 11.5 Å². The molecule has 3 aliphatic heterocycles. The van der Waals surface area contributed by atoms with E-state index in [9.17, 15) is 19.2 Å². The summed E-state index contributed by atoms with van der Waals surface area (Å²) in [5.74, 6) is 0.644. The number of fused-ring (bicyclic) bond motifs is 1. The van der Waals surface area contributed by atoms with Gasteiger partial charge in [-0.3, -0.25) is 24.6 Å². The van der Waals surface area contributed by atoms with E-state index in [1.165, 1.54) is 12.7 Å². The third-order valence-corrected chi connectivity index (χ3v) is 8.88. The number of amides is 3. The van der Waals surface area contributed by atoms with Crippen LogP contribution >= 0.6 is 0 Å². The Balaban J connectivity index is 1.02. The summed E-state index contributed by atoms with van der Waals surface area (Å²) in [5, 5.41) is 2.36. The van der Waals surface area contributed by atoms with E-state index in [-0.39, 0.29) is 48.0 Å². The maximum absolute atomic E-state index is 13.1. The van der Waals surface area contributed by atoms with E-state index in [0.29, 0.717) is 36.6 Å². The normalized spacial score (nSPS) is 25.2. The molecule has 1 aliphatic carbocycles. The Kier molecular flexibility index (Phi) is 8.79. The van der Waals surface area contributed by atoms with Gasteiger partial charge in [0, 0.05) is 31.5 Å². The fourth-order valence-electron chi connectivity index (χ4n) is 6.47. The van der Waals surface area contributed by atoms with Crippen LogP contribution in [0.5, 0.6) is 11.5 Å². The van der Waals surface area contributed by atoms with Gasteiger partial charge >= 0.3 is 5.97 Å². The smallest absolute Gasteiger partial charge is 0.337 e. The van der Waals surface area contributed by atoms with Gasteiger partial charge in [-0.2, -0.15) is 0 Å². The predicted octanol–water partition coefficient (Wildman–Crippen LogP) is 3.97. The fourth-order valence-corrected chi connectivity index (χ4v) is 6.47. The van der Waals surface area contributed by atoms with Crippen molar-refractivity contribution >= 4 is 23.7 Å². The lowest BCUT2D eigenvalue weighted by molar-refractivity contribution is -0.144. The summed E-state index contributed by atoms with van der Waals surface area (Å²) in [6.45, 7) is 2.80. The molecule has 0 spiro atoms. The fraction of sp³-hybridized carbons (Fsp3) is 0.412. The SMILES string of the molecule is COC(=O)c1ccc(Oc2ccc(CN3CCCC[C@H]3COC3=CC4CN(C5CCC(=O)NC5=O)C(=O)C4C=C3)cc2)cc1. The molecular weight excluding hydrogens is 562 g/mol. The molecule has 2 aromatic carbocycles. The van der Waals surface area contributed by atoms with Gasteiger partial charge < -0.3 is 19.1 Å². The van der Waals surface area contributed by atoms with Crippen molar-refractivity contribution in [1.82, 2.24) is 15.1 Å². The van der Waals surface area contributed by atoms with Crippen molar-refractivity contribution in [3.63, 3.8) is 0 Å². The molecule has 0 radical (unpaired) electrons. The zero-order valence-electron chi connectivity index (χ0n) is 24.8. The predicted molar refractivity (Wildman–Crippen MR) is 160 cm³/mol. The summed E-state index contributed by atoms with van der Waals surface area (Å²) >= 11 is 0. The number of nitrogens with zero attached hydrogens (tertiary/aromatic N) is 2. The Morgan fingerprint density at radius 2 is 1.73 bits per heavy atom. The monoisotopic (exact) mass is 599 g/mol. The number of benzene rings is 2. The molecule has 3 heterocycles. The van der Waals surface area contributed by atoms with Crippen molar-refractivity contribution < 1.29 is 33.4 Å². The van der Waals surface area contributed by atoms with Crippen LogP contribution in [0.2, 0.25) is 0 Å². The van der Waals surface area contributed by atoms with Crippen LogP contribution < -0.4 is 10.1 Å². The second-order valence-corrected chi connectivity index (χ2v) is 11.8. The number of carbonyl (C=O) groups is 4. The molecule has 0 aromatic heterocycles. The van der Waals surface area contributed by atoms with Gasteiger partial charge in [-0.15, -0.1) is 0 Å². The molecule has 3 amide bonds. The summed E-state index contributed by atoms with van der Waals surface area (Å²) in [6, 6.07) is 14.6. The van der Waals surface area contributed by atoms with E-state index in [4.69, 9.17) is 14.2 Å². The van der Waals surface area contributed by atoms with Gasteiger partial charge in [0.25, 0.3) is 0 Å². The maximum atomic E-state index is 13.1. The van der Waals surface area contributed by atoms with Crippen LogP contribution in [0.3, 0.4) is 0 Å². The Bertz CT molecular complexity index is 1470. The standard InChI is InChI=1S/C34H37N3O7/c1-42-34(41)23-7-11-27(12-8-23)44-26-9-5-22(6-10-26)19-36-17-3-2-4-25(36)21-43-28-13-14-29-24(18-28)20-37(33(29)40)30-15-16-31(38)35-32(30)39/h5-14,18,24-25,29-30H,2-4,15-17,19-21H2,1H3,(H,35,38,39)/t24?,25-,29?,30?/m0/s1. The molecule has 10 nitrogen and oxygen atoms in total. The molecule has 6 rings (SSSR count). The van der Waals surface area contributed by atoms with Gasteiger partial charge in [0.2, 0.25) is 17.7 Å². The maximum Gasteiger partial charge on any atom is 0.337 e. The van der Waals surface area contributed by atoms with Gasteiger partial charge in [-0.05, 0) is 79.9 Å².